The highest BCUT2D eigenvalue weighted by Crippen LogP contribution is 2.27. The van der Waals surface area contributed by atoms with Gasteiger partial charge in [-0.05, 0) is 32.7 Å². The number of rotatable bonds is 5. The summed E-state index contributed by atoms with van der Waals surface area (Å²) >= 11 is 0. The molecule has 0 aromatic rings. The zero-order chi connectivity index (χ0) is 11.4. The molecule has 15 heavy (non-hydrogen) atoms. The summed E-state index contributed by atoms with van der Waals surface area (Å²) in [6.45, 7) is 5.10. The van der Waals surface area contributed by atoms with E-state index in [2.05, 4.69) is 24.3 Å². The Labute approximate surface area is 92.2 Å². The standard InChI is InChI=1S/C11H23N3O/c1-8(11(15)13-12)9(2)14(3)7-10-5-4-6-10/h8-10H,4-7,12H2,1-3H3,(H,13,15). The fraction of sp³-hybridized carbons (Fsp3) is 0.909. The number of carbonyl (C=O) groups excluding carboxylic acids is 1. The third-order valence-electron chi connectivity index (χ3n) is 3.75. The van der Waals surface area contributed by atoms with Crippen molar-refractivity contribution in [2.24, 2.45) is 17.7 Å². The largest absolute Gasteiger partial charge is 0.303 e. The van der Waals surface area contributed by atoms with Crippen molar-refractivity contribution in [3.8, 4) is 0 Å². The lowest BCUT2D eigenvalue weighted by molar-refractivity contribution is -0.126. The molecule has 3 N–H and O–H groups in total. The smallest absolute Gasteiger partial charge is 0.238 e. The third kappa shape index (κ3) is 3.18. The molecule has 88 valence electrons. The maximum atomic E-state index is 11.4. The lowest BCUT2D eigenvalue weighted by Crippen LogP contribution is -2.46. The van der Waals surface area contributed by atoms with Crippen LogP contribution in [0.2, 0.25) is 0 Å². The summed E-state index contributed by atoms with van der Waals surface area (Å²) in [5, 5.41) is 0. The Morgan fingerprint density at radius 3 is 2.53 bits per heavy atom. The highest BCUT2D eigenvalue weighted by molar-refractivity contribution is 5.78. The van der Waals surface area contributed by atoms with Crippen LogP contribution in [-0.2, 0) is 4.79 Å². The molecule has 0 aromatic carbocycles. The molecule has 2 atom stereocenters. The van der Waals surface area contributed by atoms with Crippen molar-refractivity contribution in [2.75, 3.05) is 13.6 Å². The first-order valence-electron chi connectivity index (χ1n) is 5.77. The van der Waals surface area contributed by atoms with Crippen molar-refractivity contribution >= 4 is 5.91 Å². The first-order valence-corrected chi connectivity index (χ1v) is 5.77. The van der Waals surface area contributed by atoms with Gasteiger partial charge in [-0.1, -0.05) is 13.3 Å². The van der Waals surface area contributed by atoms with Gasteiger partial charge in [0.05, 0.1) is 5.92 Å². The second kappa shape index (κ2) is 5.47. The fourth-order valence-corrected chi connectivity index (χ4v) is 1.98. The Morgan fingerprint density at radius 2 is 2.13 bits per heavy atom. The second-order valence-corrected chi connectivity index (χ2v) is 4.77. The van der Waals surface area contributed by atoms with E-state index >= 15 is 0 Å². The van der Waals surface area contributed by atoms with Gasteiger partial charge in [0.15, 0.2) is 0 Å². The molecule has 4 nitrogen and oxygen atoms in total. The molecule has 1 amide bonds. The van der Waals surface area contributed by atoms with Crippen molar-refractivity contribution in [3.63, 3.8) is 0 Å². The minimum Gasteiger partial charge on any atom is -0.303 e. The molecule has 0 heterocycles. The number of nitrogens with two attached hydrogens (primary N) is 1. The monoisotopic (exact) mass is 213 g/mol. The summed E-state index contributed by atoms with van der Waals surface area (Å²) in [6, 6.07) is 0.245. The lowest BCUT2D eigenvalue weighted by atomic mass is 9.84. The number of hydrazine groups is 1. The number of nitrogens with one attached hydrogen (secondary N) is 1. The van der Waals surface area contributed by atoms with E-state index in [1.807, 2.05) is 6.92 Å². The van der Waals surface area contributed by atoms with E-state index < -0.39 is 0 Å². The average molecular weight is 213 g/mol. The van der Waals surface area contributed by atoms with Crippen LogP contribution in [0, 0.1) is 11.8 Å². The molecule has 0 aromatic heterocycles. The van der Waals surface area contributed by atoms with Gasteiger partial charge in [-0.25, -0.2) is 5.84 Å². The van der Waals surface area contributed by atoms with Gasteiger partial charge in [-0.2, -0.15) is 0 Å². The van der Waals surface area contributed by atoms with Crippen molar-refractivity contribution < 1.29 is 4.79 Å². The Kier molecular flexibility index (Phi) is 4.54. The van der Waals surface area contributed by atoms with Crippen molar-refractivity contribution in [1.29, 1.82) is 0 Å². The van der Waals surface area contributed by atoms with Crippen LogP contribution in [0.3, 0.4) is 0 Å². The van der Waals surface area contributed by atoms with Crippen molar-refractivity contribution in [1.82, 2.24) is 10.3 Å². The van der Waals surface area contributed by atoms with E-state index in [9.17, 15) is 4.79 Å². The highest BCUT2D eigenvalue weighted by atomic mass is 16.2. The molecule has 1 aliphatic carbocycles. The molecule has 1 aliphatic rings. The molecule has 4 heteroatoms. The van der Waals surface area contributed by atoms with Crippen LogP contribution < -0.4 is 11.3 Å². The normalized spacial score (nSPS) is 20.9. The van der Waals surface area contributed by atoms with Gasteiger partial charge in [0, 0.05) is 12.6 Å². The quantitative estimate of drug-likeness (QED) is 0.402. The Morgan fingerprint density at radius 1 is 1.53 bits per heavy atom. The molecule has 0 saturated heterocycles. The Hall–Kier alpha value is -0.610. The number of amides is 1. The molecule has 0 radical (unpaired) electrons. The van der Waals surface area contributed by atoms with Gasteiger partial charge in [0.1, 0.15) is 0 Å². The zero-order valence-electron chi connectivity index (χ0n) is 9.99. The SMILES string of the molecule is CC(C(=O)NN)C(C)N(C)CC1CCC1. The van der Waals surface area contributed by atoms with Gasteiger partial charge in [-0.15, -0.1) is 0 Å². The third-order valence-corrected chi connectivity index (χ3v) is 3.75. The van der Waals surface area contributed by atoms with Crippen LogP contribution in [0.15, 0.2) is 0 Å². The molecule has 0 bridgehead atoms. The van der Waals surface area contributed by atoms with Gasteiger partial charge in [0.2, 0.25) is 5.91 Å². The Balaban J connectivity index is 2.36. The highest BCUT2D eigenvalue weighted by Gasteiger charge is 2.26. The summed E-state index contributed by atoms with van der Waals surface area (Å²) in [5.74, 6) is 5.83. The maximum Gasteiger partial charge on any atom is 0.238 e. The van der Waals surface area contributed by atoms with Gasteiger partial charge in [0.25, 0.3) is 0 Å². The van der Waals surface area contributed by atoms with Crippen LogP contribution in [0.4, 0.5) is 0 Å². The number of carbonyl (C=O) groups is 1. The second-order valence-electron chi connectivity index (χ2n) is 4.77. The van der Waals surface area contributed by atoms with E-state index in [0.29, 0.717) is 0 Å². The predicted molar refractivity (Wildman–Crippen MR) is 60.9 cm³/mol. The summed E-state index contributed by atoms with van der Waals surface area (Å²) in [4.78, 5) is 13.6. The minimum atomic E-state index is -0.0806. The summed E-state index contributed by atoms with van der Waals surface area (Å²) in [5.41, 5.74) is 2.22. The summed E-state index contributed by atoms with van der Waals surface area (Å²) < 4.78 is 0. The first kappa shape index (κ1) is 12.5. The van der Waals surface area contributed by atoms with Crippen LogP contribution >= 0.6 is 0 Å². The minimum absolute atomic E-state index is 0.0555. The summed E-state index contributed by atoms with van der Waals surface area (Å²) in [6.07, 6.45) is 4.05. The molecule has 0 aliphatic heterocycles. The van der Waals surface area contributed by atoms with Gasteiger partial charge in [-0.3, -0.25) is 10.2 Å². The van der Waals surface area contributed by atoms with Gasteiger partial charge < -0.3 is 4.90 Å². The maximum absolute atomic E-state index is 11.4. The first-order chi connectivity index (χ1) is 7.06. The number of hydrogen-bond acceptors (Lipinski definition) is 3. The average Bonchev–Trinajstić information content (AvgIpc) is 2.19. The zero-order valence-corrected chi connectivity index (χ0v) is 9.99. The van der Waals surface area contributed by atoms with Crippen LogP contribution in [-0.4, -0.2) is 30.4 Å². The van der Waals surface area contributed by atoms with E-state index in [0.717, 1.165) is 12.5 Å². The van der Waals surface area contributed by atoms with E-state index in [1.165, 1.54) is 19.3 Å². The van der Waals surface area contributed by atoms with Crippen molar-refractivity contribution in [2.45, 2.75) is 39.2 Å². The van der Waals surface area contributed by atoms with E-state index in [1.54, 1.807) is 0 Å². The molecule has 0 spiro atoms. The van der Waals surface area contributed by atoms with Crippen LogP contribution in [0.25, 0.3) is 0 Å². The van der Waals surface area contributed by atoms with Gasteiger partial charge >= 0.3 is 0 Å². The Bertz CT molecular complexity index is 216. The predicted octanol–water partition coefficient (Wildman–Crippen LogP) is 0.733. The van der Waals surface area contributed by atoms with E-state index in [4.69, 9.17) is 5.84 Å². The molecule has 1 rings (SSSR count). The topological polar surface area (TPSA) is 58.4 Å². The number of hydrogen-bond donors (Lipinski definition) is 2. The summed E-state index contributed by atoms with van der Waals surface area (Å²) in [7, 11) is 2.09. The van der Waals surface area contributed by atoms with E-state index in [-0.39, 0.29) is 17.9 Å². The molecular formula is C11H23N3O. The molecular weight excluding hydrogens is 190 g/mol. The van der Waals surface area contributed by atoms with Crippen molar-refractivity contribution in [3.05, 3.63) is 0 Å². The van der Waals surface area contributed by atoms with Crippen LogP contribution in [0.1, 0.15) is 33.1 Å². The lowest BCUT2D eigenvalue weighted by Gasteiger charge is -2.35. The molecule has 1 fully saturated rings. The van der Waals surface area contributed by atoms with Crippen LogP contribution in [0.5, 0.6) is 0 Å². The number of nitrogens with zero attached hydrogens (tertiary/aromatic N) is 1. The fourth-order valence-electron chi connectivity index (χ4n) is 1.98. The molecule has 1 saturated carbocycles. The molecule has 2 unspecified atom stereocenters.